The lowest BCUT2D eigenvalue weighted by atomic mass is 10.0. The van der Waals surface area contributed by atoms with Crippen molar-refractivity contribution < 1.29 is 4.74 Å². The van der Waals surface area contributed by atoms with Crippen LogP contribution in [0.3, 0.4) is 0 Å². The van der Waals surface area contributed by atoms with Crippen LogP contribution in [0.2, 0.25) is 10.3 Å². The molecule has 5 heteroatoms. The molecule has 0 aliphatic rings. The number of nitrogens with zero attached hydrogens (tertiary/aromatic N) is 2. The monoisotopic (exact) mass is 330 g/mol. The molecule has 0 fully saturated rings. The highest BCUT2D eigenvalue weighted by molar-refractivity contribution is 6.33. The van der Waals surface area contributed by atoms with Crippen LogP contribution in [0.15, 0.2) is 54.7 Å². The van der Waals surface area contributed by atoms with Crippen LogP contribution in [0.1, 0.15) is 0 Å². The molecule has 110 valence electrons. The molecular weight excluding hydrogens is 319 g/mol. The van der Waals surface area contributed by atoms with Gasteiger partial charge in [-0.15, -0.1) is 0 Å². The van der Waals surface area contributed by atoms with Crippen LogP contribution in [0.4, 0.5) is 0 Å². The van der Waals surface area contributed by atoms with Crippen molar-refractivity contribution in [3.63, 3.8) is 0 Å². The Bertz CT molecular complexity index is 807. The van der Waals surface area contributed by atoms with Gasteiger partial charge >= 0.3 is 0 Å². The van der Waals surface area contributed by atoms with E-state index < -0.39 is 0 Å². The zero-order chi connectivity index (χ0) is 15.5. The molecule has 1 heterocycles. The zero-order valence-corrected chi connectivity index (χ0v) is 13.3. The number of hydrogen-bond acceptors (Lipinski definition) is 3. The number of benzene rings is 2. The Morgan fingerprint density at radius 1 is 0.909 bits per heavy atom. The number of methoxy groups -OCH3 is 1. The van der Waals surface area contributed by atoms with Gasteiger partial charge in [0.05, 0.1) is 24.0 Å². The SMILES string of the molecule is COc1cc(-c2ccccc2)cc(-c2nc(Cl)ncc2Cl)c1. The lowest BCUT2D eigenvalue weighted by Crippen LogP contribution is -1.92. The fourth-order valence-electron chi connectivity index (χ4n) is 2.20. The van der Waals surface area contributed by atoms with E-state index in [-0.39, 0.29) is 5.28 Å². The van der Waals surface area contributed by atoms with Crippen LogP contribution in [-0.2, 0) is 0 Å². The lowest BCUT2D eigenvalue weighted by Gasteiger charge is -2.10. The Balaban J connectivity index is 2.18. The molecule has 0 unspecified atom stereocenters. The molecule has 2 aromatic carbocycles. The molecule has 0 atom stereocenters. The number of halogens is 2. The molecule has 3 nitrogen and oxygen atoms in total. The molecule has 22 heavy (non-hydrogen) atoms. The summed E-state index contributed by atoms with van der Waals surface area (Å²) in [5, 5.41) is 0.597. The van der Waals surface area contributed by atoms with Gasteiger partial charge in [0.2, 0.25) is 5.28 Å². The van der Waals surface area contributed by atoms with Crippen molar-refractivity contribution in [1.29, 1.82) is 0 Å². The van der Waals surface area contributed by atoms with E-state index in [4.69, 9.17) is 27.9 Å². The van der Waals surface area contributed by atoms with Crippen molar-refractivity contribution in [1.82, 2.24) is 9.97 Å². The molecule has 1 aromatic heterocycles. The number of rotatable bonds is 3. The first-order chi connectivity index (χ1) is 10.7. The first-order valence-corrected chi connectivity index (χ1v) is 7.36. The van der Waals surface area contributed by atoms with E-state index in [9.17, 15) is 0 Å². The molecule has 0 saturated carbocycles. The van der Waals surface area contributed by atoms with Gasteiger partial charge in [0.1, 0.15) is 5.75 Å². The quantitative estimate of drug-likeness (QED) is 0.624. The van der Waals surface area contributed by atoms with Gasteiger partial charge in [-0.3, -0.25) is 0 Å². The highest BCUT2D eigenvalue weighted by Crippen LogP contribution is 2.33. The van der Waals surface area contributed by atoms with Crippen LogP contribution >= 0.6 is 23.2 Å². The summed E-state index contributed by atoms with van der Waals surface area (Å²) in [6.45, 7) is 0. The molecule has 3 rings (SSSR count). The van der Waals surface area contributed by atoms with Crippen molar-refractivity contribution in [3.05, 3.63) is 65.0 Å². The van der Waals surface area contributed by atoms with Gasteiger partial charge in [0.25, 0.3) is 0 Å². The largest absolute Gasteiger partial charge is 0.497 e. The smallest absolute Gasteiger partial charge is 0.222 e. The predicted molar refractivity (Wildman–Crippen MR) is 89.5 cm³/mol. The van der Waals surface area contributed by atoms with Crippen LogP contribution < -0.4 is 4.74 Å². The van der Waals surface area contributed by atoms with E-state index in [2.05, 4.69) is 9.97 Å². The summed E-state index contributed by atoms with van der Waals surface area (Å²) < 4.78 is 5.39. The fourth-order valence-corrected chi connectivity index (χ4v) is 2.53. The second kappa shape index (κ2) is 6.34. The predicted octanol–water partition coefficient (Wildman–Crippen LogP) is 5.13. The molecule has 0 amide bonds. The molecule has 3 aromatic rings. The third kappa shape index (κ3) is 3.06. The van der Waals surface area contributed by atoms with E-state index in [1.165, 1.54) is 6.20 Å². The van der Waals surface area contributed by atoms with E-state index >= 15 is 0 Å². The highest BCUT2D eigenvalue weighted by atomic mass is 35.5. The summed E-state index contributed by atoms with van der Waals surface area (Å²) in [5.41, 5.74) is 3.50. The minimum atomic E-state index is 0.156. The van der Waals surface area contributed by atoms with Gasteiger partial charge in [-0.05, 0) is 40.9 Å². The van der Waals surface area contributed by atoms with Gasteiger partial charge in [0.15, 0.2) is 0 Å². The third-order valence-corrected chi connectivity index (χ3v) is 3.70. The van der Waals surface area contributed by atoms with Crippen LogP contribution in [-0.4, -0.2) is 17.1 Å². The van der Waals surface area contributed by atoms with E-state index in [0.29, 0.717) is 10.7 Å². The Labute approximate surface area is 138 Å². The topological polar surface area (TPSA) is 35.0 Å². The Hall–Kier alpha value is -2.10. The summed E-state index contributed by atoms with van der Waals surface area (Å²) in [7, 11) is 1.63. The van der Waals surface area contributed by atoms with Crippen molar-refractivity contribution in [3.8, 4) is 28.1 Å². The van der Waals surface area contributed by atoms with E-state index in [0.717, 1.165) is 22.4 Å². The number of ether oxygens (including phenoxy) is 1. The van der Waals surface area contributed by atoms with E-state index in [1.807, 2.05) is 48.5 Å². The Morgan fingerprint density at radius 3 is 2.36 bits per heavy atom. The molecule has 0 spiro atoms. The summed E-state index contributed by atoms with van der Waals surface area (Å²) in [6.07, 6.45) is 1.49. The van der Waals surface area contributed by atoms with Crippen LogP contribution in [0, 0.1) is 0 Å². The average molecular weight is 331 g/mol. The zero-order valence-electron chi connectivity index (χ0n) is 11.8. The first-order valence-electron chi connectivity index (χ1n) is 6.60. The molecule has 0 radical (unpaired) electrons. The van der Waals surface area contributed by atoms with Gasteiger partial charge in [-0.25, -0.2) is 9.97 Å². The molecule has 0 bridgehead atoms. The van der Waals surface area contributed by atoms with Gasteiger partial charge in [-0.2, -0.15) is 0 Å². The normalized spacial score (nSPS) is 10.5. The number of hydrogen-bond donors (Lipinski definition) is 0. The summed E-state index contributed by atoms with van der Waals surface area (Å²) in [4.78, 5) is 8.10. The summed E-state index contributed by atoms with van der Waals surface area (Å²) >= 11 is 12.1. The van der Waals surface area contributed by atoms with Crippen molar-refractivity contribution in [2.24, 2.45) is 0 Å². The standard InChI is InChI=1S/C17H12Cl2N2O/c1-22-14-8-12(11-5-3-2-4-6-11)7-13(9-14)16-15(18)10-20-17(19)21-16/h2-10H,1H3. The minimum absolute atomic E-state index is 0.156. The summed E-state index contributed by atoms with van der Waals surface area (Å²) in [6, 6.07) is 15.9. The lowest BCUT2D eigenvalue weighted by molar-refractivity contribution is 0.415. The van der Waals surface area contributed by atoms with Gasteiger partial charge in [0, 0.05) is 5.56 Å². The maximum atomic E-state index is 6.20. The maximum absolute atomic E-state index is 6.20. The van der Waals surface area contributed by atoms with Gasteiger partial charge in [-0.1, -0.05) is 41.9 Å². The summed E-state index contributed by atoms with van der Waals surface area (Å²) in [5.74, 6) is 0.724. The second-order valence-electron chi connectivity index (χ2n) is 4.65. The van der Waals surface area contributed by atoms with Crippen LogP contribution in [0.25, 0.3) is 22.4 Å². The number of aromatic nitrogens is 2. The fraction of sp³-hybridized carbons (Fsp3) is 0.0588. The Morgan fingerprint density at radius 2 is 1.64 bits per heavy atom. The minimum Gasteiger partial charge on any atom is -0.497 e. The molecule has 0 N–H and O–H groups in total. The van der Waals surface area contributed by atoms with Crippen molar-refractivity contribution in [2.45, 2.75) is 0 Å². The van der Waals surface area contributed by atoms with Gasteiger partial charge < -0.3 is 4.74 Å². The second-order valence-corrected chi connectivity index (χ2v) is 5.40. The van der Waals surface area contributed by atoms with Crippen molar-refractivity contribution >= 4 is 23.2 Å². The average Bonchev–Trinajstić information content (AvgIpc) is 2.57. The first kappa shape index (κ1) is 14.8. The highest BCUT2D eigenvalue weighted by Gasteiger charge is 2.11. The van der Waals surface area contributed by atoms with Crippen molar-refractivity contribution in [2.75, 3.05) is 7.11 Å². The molecule has 0 saturated heterocycles. The molecule has 0 aliphatic heterocycles. The molecular formula is C17H12Cl2N2O. The van der Waals surface area contributed by atoms with E-state index in [1.54, 1.807) is 7.11 Å². The maximum Gasteiger partial charge on any atom is 0.222 e. The Kier molecular flexibility index (Phi) is 4.27. The molecule has 0 aliphatic carbocycles. The third-order valence-electron chi connectivity index (χ3n) is 3.24. The van der Waals surface area contributed by atoms with Crippen LogP contribution in [0.5, 0.6) is 5.75 Å².